The van der Waals surface area contributed by atoms with Crippen molar-refractivity contribution in [3.8, 4) is 0 Å². The Hall–Kier alpha value is -1.49. The maximum atomic E-state index is 11.6. The summed E-state index contributed by atoms with van der Waals surface area (Å²) in [5, 5.41) is 4.16. The van der Waals surface area contributed by atoms with Crippen LogP contribution in [0.25, 0.3) is 10.9 Å². The van der Waals surface area contributed by atoms with Crippen molar-refractivity contribution in [3.63, 3.8) is 0 Å². The Morgan fingerprint density at radius 3 is 3.00 bits per heavy atom. The molecule has 1 aromatic heterocycles. The number of rotatable bonds is 2. The van der Waals surface area contributed by atoms with E-state index in [2.05, 4.69) is 32.3 Å². The molecule has 1 atom stereocenters. The SMILES string of the molecule is CC(C)OC(=O)NC1Cc2[nH]c3c(Br)cccc3c2C1. The number of carbonyl (C=O) groups is 1. The lowest BCUT2D eigenvalue weighted by molar-refractivity contribution is 0.112. The van der Waals surface area contributed by atoms with E-state index < -0.39 is 0 Å². The van der Waals surface area contributed by atoms with Gasteiger partial charge in [-0.2, -0.15) is 0 Å². The number of alkyl carbamates (subject to hydrolysis) is 1. The third-order valence-corrected chi connectivity index (χ3v) is 4.21. The van der Waals surface area contributed by atoms with Crippen LogP contribution >= 0.6 is 15.9 Å². The molecule has 1 aromatic carbocycles. The Morgan fingerprint density at radius 2 is 2.25 bits per heavy atom. The van der Waals surface area contributed by atoms with Crippen molar-refractivity contribution in [1.82, 2.24) is 10.3 Å². The number of nitrogens with one attached hydrogen (secondary N) is 2. The molecule has 0 bridgehead atoms. The molecule has 2 aromatic rings. The van der Waals surface area contributed by atoms with E-state index in [1.807, 2.05) is 26.0 Å². The Bertz CT molecular complexity index is 663. The second kappa shape index (κ2) is 5.13. The van der Waals surface area contributed by atoms with Gasteiger partial charge in [0.1, 0.15) is 0 Å². The van der Waals surface area contributed by atoms with Crippen molar-refractivity contribution in [2.24, 2.45) is 0 Å². The molecular weight excluding hydrogens is 320 g/mol. The molecule has 1 aliphatic rings. The molecule has 5 heteroatoms. The highest BCUT2D eigenvalue weighted by atomic mass is 79.9. The summed E-state index contributed by atoms with van der Waals surface area (Å²) in [5.41, 5.74) is 3.65. The van der Waals surface area contributed by atoms with E-state index in [4.69, 9.17) is 4.74 Å². The molecule has 0 saturated carbocycles. The number of fused-ring (bicyclic) bond motifs is 3. The van der Waals surface area contributed by atoms with E-state index in [1.54, 1.807) is 0 Å². The summed E-state index contributed by atoms with van der Waals surface area (Å²) < 4.78 is 6.20. The second-order valence-electron chi connectivity index (χ2n) is 5.45. The van der Waals surface area contributed by atoms with Gasteiger partial charge in [0.25, 0.3) is 0 Å². The molecule has 0 radical (unpaired) electrons. The molecule has 2 N–H and O–H groups in total. The summed E-state index contributed by atoms with van der Waals surface area (Å²) in [7, 11) is 0. The fourth-order valence-electron chi connectivity index (χ4n) is 2.78. The molecule has 1 amide bonds. The standard InChI is InChI=1S/C15H17BrN2O2/c1-8(2)20-15(19)17-9-6-11-10-4-3-5-12(16)14(10)18-13(11)7-9/h3-5,8-9,18H,6-7H2,1-2H3,(H,17,19). The number of hydrogen-bond acceptors (Lipinski definition) is 2. The number of halogens is 1. The highest BCUT2D eigenvalue weighted by Crippen LogP contribution is 2.33. The fourth-order valence-corrected chi connectivity index (χ4v) is 3.25. The Kier molecular flexibility index (Phi) is 3.46. The van der Waals surface area contributed by atoms with Crippen LogP contribution in [-0.4, -0.2) is 23.2 Å². The first-order valence-corrected chi connectivity index (χ1v) is 7.59. The largest absolute Gasteiger partial charge is 0.447 e. The zero-order valence-corrected chi connectivity index (χ0v) is 13.1. The number of hydrogen-bond donors (Lipinski definition) is 2. The van der Waals surface area contributed by atoms with Crippen LogP contribution in [0.3, 0.4) is 0 Å². The number of ether oxygens (including phenoxy) is 1. The smallest absolute Gasteiger partial charge is 0.407 e. The predicted octanol–water partition coefficient (Wildman–Crippen LogP) is 3.53. The maximum Gasteiger partial charge on any atom is 0.407 e. The molecule has 3 rings (SSSR count). The van der Waals surface area contributed by atoms with Crippen LogP contribution < -0.4 is 5.32 Å². The maximum absolute atomic E-state index is 11.6. The number of H-pyrrole nitrogens is 1. The van der Waals surface area contributed by atoms with Crippen LogP contribution in [0.1, 0.15) is 25.1 Å². The molecule has 0 aliphatic heterocycles. The molecule has 106 valence electrons. The van der Waals surface area contributed by atoms with Crippen LogP contribution in [0, 0.1) is 0 Å². The molecule has 0 spiro atoms. The molecule has 4 nitrogen and oxygen atoms in total. The Labute approximate surface area is 126 Å². The summed E-state index contributed by atoms with van der Waals surface area (Å²) in [4.78, 5) is 15.1. The summed E-state index contributed by atoms with van der Waals surface area (Å²) in [6.45, 7) is 3.70. The monoisotopic (exact) mass is 336 g/mol. The van der Waals surface area contributed by atoms with Gasteiger partial charge in [0, 0.05) is 28.0 Å². The van der Waals surface area contributed by atoms with Crippen LogP contribution in [0.4, 0.5) is 4.79 Å². The average molecular weight is 337 g/mol. The number of amides is 1. The van der Waals surface area contributed by atoms with Gasteiger partial charge in [-0.1, -0.05) is 12.1 Å². The summed E-state index contributed by atoms with van der Waals surface area (Å²) in [5.74, 6) is 0. The third-order valence-electron chi connectivity index (χ3n) is 3.54. The quantitative estimate of drug-likeness (QED) is 0.881. The van der Waals surface area contributed by atoms with Gasteiger partial charge < -0.3 is 15.0 Å². The van der Waals surface area contributed by atoms with Gasteiger partial charge >= 0.3 is 6.09 Å². The lowest BCUT2D eigenvalue weighted by Gasteiger charge is -2.14. The highest BCUT2D eigenvalue weighted by molar-refractivity contribution is 9.10. The topological polar surface area (TPSA) is 54.1 Å². The van der Waals surface area contributed by atoms with Crippen molar-refractivity contribution in [2.45, 2.75) is 38.8 Å². The first kappa shape index (κ1) is 13.5. The average Bonchev–Trinajstić information content (AvgIpc) is 2.86. The lowest BCUT2D eigenvalue weighted by Crippen LogP contribution is -2.37. The van der Waals surface area contributed by atoms with Crippen molar-refractivity contribution < 1.29 is 9.53 Å². The normalized spacial score (nSPS) is 17.5. The van der Waals surface area contributed by atoms with E-state index in [-0.39, 0.29) is 18.2 Å². The van der Waals surface area contributed by atoms with E-state index in [9.17, 15) is 4.79 Å². The molecule has 0 saturated heterocycles. The molecule has 1 heterocycles. The van der Waals surface area contributed by atoms with E-state index in [0.29, 0.717) is 0 Å². The molecular formula is C15H17BrN2O2. The minimum atomic E-state index is -0.333. The number of para-hydroxylation sites is 1. The van der Waals surface area contributed by atoms with Crippen LogP contribution in [-0.2, 0) is 17.6 Å². The molecule has 20 heavy (non-hydrogen) atoms. The fraction of sp³-hybridized carbons (Fsp3) is 0.400. The van der Waals surface area contributed by atoms with Crippen molar-refractivity contribution >= 4 is 32.9 Å². The summed E-state index contributed by atoms with van der Waals surface area (Å²) in [6.07, 6.45) is 1.24. The lowest BCUT2D eigenvalue weighted by atomic mass is 10.1. The van der Waals surface area contributed by atoms with E-state index >= 15 is 0 Å². The van der Waals surface area contributed by atoms with Gasteiger partial charge in [-0.25, -0.2) is 4.79 Å². The van der Waals surface area contributed by atoms with Gasteiger partial charge in [0.2, 0.25) is 0 Å². The minimum absolute atomic E-state index is 0.0917. The van der Waals surface area contributed by atoms with E-state index in [1.165, 1.54) is 16.6 Å². The number of carbonyl (C=O) groups excluding carboxylic acids is 1. The molecule has 0 fully saturated rings. The van der Waals surface area contributed by atoms with Crippen molar-refractivity contribution in [1.29, 1.82) is 0 Å². The molecule has 1 unspecified atom stereocenters. The van der Waals surface area contributed by atoms with Crippen LogP contribution in [0.2, 0.25) is 0 Å². The zero-order valence-electron chi connectivity index (χ0n) is 11.5. The van der Waals surface area contributed by atoms with Crippen LogP contribution in [0.5, 0.6) is 0 Å². The first-order chi connectivity index (χ1) is 9.54. The van der Waals surface area contributed by atoms with Crippen molar-refractivity contribution in [3.05, 3.63) is 33.9 Å². The first-order valence-electron chi connectivity index (χ1n) is 6.79. The van der Waals surface area contributed by atoms with E-state index in [0.717, 1.165) is 22.8 Å². The van der Waals surface area contributed by atoms with Crippen LogP contribution in [0.15, 0.2) is 22.7 Å². The van der Waals surface area contributed by atoms with Gasteiger partial charge in [-0.15, -0.1) is 0 Å². The Balaban J connectivity index is 1.77. The van der Waals surface area contributed by atoms with Gasteiger partial charge in [-0.3, -0.25) is 0 Å². The number of aromatic amines is 1. The minimum Gasteiger partial charge on any atom is -0.447 e. The summed E-state index contributed by atoms with van der Waals surface area (Å²) in [6, 6.07) is 6.30. The number of benzene rings is 1. The zero-order chi connectivity index (χ0) is 14.3. The van der Waals surface area contributed by atoms with Gasteiger partial charge in [-0.05, 0) is 47.8 Å². The second-order valence-corrected chi connectivity index (χ2v) is 6.30. The van der Waals surface area contributed by atoms with Crippen molar-refractivity contribution in [2.75, 3.05) is 0 Å². The Morgan fingerprint density at radius 1 is 1.45 bits per heavy atom. The van der Waals surface area contributed by atoms with Gasteiger partial charge in [0.15, 0.2) is 0 Å². The third kappa shape index (κ3) is 2.42. The summed E-state index contributed by atoms with van der Waals surface area (Å²) >= 11 is 3.56. The number of aromatic nitrogens is 1. The highest BCUT2D eigenvalue weighted by Gasteiger charge is 2.27. The molecule has 1 aliphatic carbocycles. The predicted molar refractivity (Wildman–Crippen MR) is 81.9 cm³/mol. The van der Waals surface area contributed by atoms with Gasteiger partial charge in [0.05, 0.1) is 11.6 Å².